The largest absolute Gasteiger partial charge is 0.494 e. The molecule has 1 heterocycles. The molecule has 21 heavy (non-hydrogen) atoms. The molecule has 0 fully saturated rings. The van der Waals surface area contributed by atoms with Crippen LogP contribution >= 0.6 is 11.8 Å². The van der Waals surface area contributed by atoms with E-state index in [2.05, 4.69) is 29.1 Å². The van der Waals surface area contributed by atoms with E-state index in [0.717, 1.165) is 21.9 Å². The van der Waals surface area contributed by atoms with Crippen molar-refractivity contribution < 1.29 is 9.84 Å². The van der Waals surface area contributed by atoms with Crippen LogP contribution in [-0.2, 0) is 0 Å². The second-order valence-corrected chi connectivity index (χ2v) is 6.19. The van der Waals surface area contributed by atoms with E-state index in [1.165, 1.54) is 11.8 Å². The molecular formula is C15H23N3O2S. The highest BCUT2D eigenvalue weighted by Crippen LogP contribution is 2.23. The van der Waals surface area contributed by atoms with Crippen LogP contribution in [0.1, 0.15) is 20.8 Å². The van der Waals surface area contributed by atoms with Crippen LogP contribution in [0.4, 0.5) is 0 Å². The van der Waals surface area contributed by atoms with Crippen LogP contribution in [0.5, 0.6) is 5.75 Å². The molecule has 1 unspecified atom stereocenters. The lowest BCUT2D eigenvalue weighted by atomic mass is 10.3. The third kappa shape index (κ3) is 4.91. The summed E-state index contributed by atoms with van der Waals surface area (Å²) in [6.45, 7) is 7.34. The number of nitrogens with zero attached hydrogens (tertiary/aromatic N) is 1. The highest BCUT2D eigenvalue weighted by atomic mass is 32.2. The lowest BCUT2D eigenvalue weighted by Gasteiger charge is -2.12. The first-order valence-electron chi connectivity index (χ1n) is 7.25. The maximum atomic E-state index is 9.90. The Hall–Kier alpha value is -1.24. The third-order valence-corrected chi connectivity index (χ3v) is 3.94. The van der Waals surface area contributed by atoms with Crippen molar-refractivity contribution in [2.24, 2.45) is 0 Å². The van der Waals surface area contributed by atoms with Gasteiger partial charge in [0.2, 0.25) is 0 Å². The molecule has 0 aliphatic rings. The van der Waals surface area contributed by atoms with E-state index in [1.807, 2.05) is 25.1 Å². The van der Waals surface area contributed by atoms with Crippen LogP contribution in [0.15, 0.2) is 23.4 Å². The summed E-state index contributed by atoms with van der Waals surface area (Å²) in [5.74, 6) is 1.45. The number of aromatic nitrogens is 2. The molecule has 5 nitrogen and oxygen atoms in total. The Balaban J connectivity index is 1.93. The zero-order valence-electron chi connectivity index (χ0n) is 12.7. The van der Waals surface area contributed by atoms with Gasteiger partial charge >= 0.3 is 0 Å². The number of imidazole rings is 1. The molecule has 0 aliphatic carbocycles. The Morgan fingerprint density at radius 1 is 1.43 bits per heavy atom. The average molecular weight is 309 g/mol. The Labute approximate surface area is 129 Å². The van der Waals surface area contributed by atoms with Crippen molar-refractivity contribution in [2.75, 3.05) is 18.9 Å². The van der Waals surface area contributed by atoms with E-state index in [9.17, 15) is 5.11 Å². The number of rotatable bonds is 8. The van der Waals surface area contributed by atoms with Crippen molar-refractivity contribution >= 4 is 22.8 Å². The van der Waals surface area contributed by atoms with Gasteiger partial charge in [-0.2, -0.15) is 0 Å². The number of ether oxygens (including phenoxy) is 1. The molecule has 2 aromatic rings. The molecule has 0 amide bonds. The number of hydrogen-bond donors (Lipinski definition) is 3. The first kappa shape index (κ1) is 16.1. The van der Waals surface area contributed by atoms with E-state index in [1.54, 1.807) is 0 Å². The first-order valence-corrected chi connectivity index (χ1v) is 8.24. The molecule has 1 aromatic carbocycles. The molecule has 0 spiro atoms. The topological polar surface area (TPSA) is 70.2 Å². The van der Waals surface area contributed by atoms with Crippen molar-refractivity contribution in [3.05, 3.63) is 18.2 Å². The Bertz CT molecular complexity index is 571. The van der Waals surface area contributed by atoms with Crippen LogP contribution in [0.3, 0.4) is 0 Å². The lowest BCUT2D eigenvalue weighted by Crippen LogP contribution is -2.33. The summed E-state index contributed by atoms with van der Waals surface area (Å²) in [6, 6.07) is 6.19. The van der Waals surface area contributed by atoms with Crippen molar-refractivity contribution in [1.29, 1.82) is 0 Å². The van der Waals surface area contributed by atoms with Crippen molar-refractivity contribution in [3.63, 3.8) is 0 Å². The highest BCUT2D eigenvalue weighted by Gasteiger charge is 2.09. The maximum absolute atomic E-state index is 9.90. The quantitative estimate of drug-likeness (QED) is 0.653. The van der Waals surface area contributed by atoms with Gasteiger partial charge in [0.1, 0.15) is 5.75 Å². The first-order chi connectivity index (χ1) is 10.1. The van der Waals surface area contributed by atoms with Gasteiger partial charge in [0, 0.05) is 24.4 Å². The minimum atomic E-state index is -0.385. The smallest absolute Gasteiger partial charge is 0.166 e. The standard InChI is InChI=1S/C15H23N3O2S/c1-4-20-12-5-6-13-14(7-12)18-15(17-13)21-9-11(19)8-16-10(2)3/h5-7,10-11,16,19H,4,8-9H2,1-3H3,(H,17,18). The highest BCUT2D eigenvalue weighted by molar-refractivity contribution is 7.99. The molecule has 0 saturated heterocycles. The van der Waals surface area contributed by atoms with Crippen molar-refractivity contribution in [3.8, 4) is 5.75 Å². The van der Waals surface area contributed by atoms with Gasteiger partial charge in [-0.1, -0.05) is 25.6 Å². The van der Waals surface area contributed by atoms with Crippen LogP contribution < -0.4 is 10.1 Å². The fraction of sp³-hybridized carbons (Fsp3) is 0.533. The van der Waals surface area contributed by atoms with Gasteiger partial charge in [-0.05, 0) is 19.1 Å². The fourth-order valence-corrected chi connectivity index (χ4v) is 2.71. The average Bonchev–Trinajstić information content (AvgIpc) is 2.85. The zero-order chi connectivity index (χ0) is 15.2. The Morgan fingerprint density at radius 3 is 2.95 bits per heavy atom. The summed E-state index contributed by atoms with van der Waals surface area (Å²) in [4.78, 5) is 7.76. The normalized spacial score (nSPS) is 13.0. The maximum Gasteiger partial charge on any atom is 0.166 e. The van der Waals surface area contributed by atoms with Gasteiger partial charge in [0.05, 0.1) is 23.7 Å². The zero-order valence-corrected chi connectivity index (χ0v) is 13.5. The van der Waals surface area contributed by atoms with Crippen LogP contribution in [0, 0.1) is 0 Å². The molecule has 116 valence electrons. The van der Waals surface area contributed by atoms with Gasteiger partial charge in [0.15, 0.2) is 5.16 Å². The third-order valence-electron chi connectivity index (χ3n) is 2.92. The number of aliphatic hydroxyl groups is 1. The van der Waals surface area contributed by atoms with Gasteiger partial charge in [-0.25, -0.2) is 4.98 Å². The van der Waals surface area contributed by atoms with Gasteiger partial charge in [0.25, 0.3) is 0 Å². The molecule has 2 rings (SSSR count). The number of thioether (sulfide) groups is 1. The number of aliphatic hydroxyl groups excluding tert-OH is 1. The second-order valence-electron chi connectivity index (χ2n) is 5.18. The molecule has 0 radical (unpaired) electrons. The van der Waals surface area contributed by atoms with Crippen molar-refractivity contribution in [1.82, 2.24) is 15.3 Å². The van der Waals surface area contributed by atoms with E-state index in [4.69, 9.17) is 4.74 Å². The SMILES string of the molecule is CCOc1ccc2nc(SCC(O)CNC(C)C)[nH]c2c1. The van der Waals surface area contributed by atoms with Gasteiger partial charge < -0.3 is 20.1 Å². The predicted molar refractivity (Wildman–Crippen MR) is 87.1 cm³/mol. The minimum absolute atomic E-state index is 0.382. The predicted octanol–water partition coefficient (Wildman–Crippen LogP) is 2.41. The summed E-state index contributed by atoms with van der Waals surface area (Å²) in [7, 11) is 0. The van der Waals surface area contributed by atoms with Crippen LogP contribution in [0.25, 0.3) is 11.0 Å². The number of hydrogen-bond acceptors (Lipinski definition) is 5. The second kappa shape index (κ2) is 7.68. The number of fused-ring (bicyclic) bond motifs is 1. The molecule has 1 atom stereocenters. The summed E-state index contributed by atoms with van der Waals surface area (Å²) >= 11 is 1.53. The van der Waals surface area contributed by atoms with Crippen LogP contribution in [0.2, 0.25) is 0 Å². The number of H-pyrrole nitrogens is 1. The Morgan fingerprint density at radius 2 is 2.24 bits per heavy atom. The number of nitrogens with one attached hydrogen (secondary N) is 2. The van der Waals surface area contributed by atoms with E-state index < -0.39 is 0 Å². The monoisotopic (exact) mass is 309 g/mol. The summed E-state index contributed by atoms with van der Waals surface area (Å²) in [6.07, 6.45) is -0.385. The minimum Gasteiger partial charge on any atom is -0.494 e. The summed E-state index contributed by atoms with van der Waals surface area (Å²) < 4.78 is 5.47. The molecule has 3 N–H and O–H groups in total. The number of aromatic amines is 1. The van der Waals surface area contributed by atoms with E-state index >= 15 is 0 Å². The van der Waals surface area contributed by atoms with E-state index in [0.29, 0.717) is 24.9 Å². The van der Waals surface area contributed by atoms with Crippen molar-refractivity contribution in [2.45, 2.75) is 38.1 Å². The summed E-state index contributed by atoms with van der Waals surface area (Å²) in [5.41, 5.74) is 1.87. The molecular weight excluding hydrogens is 286 g/mol. The summed E-state index contributed by atoms with van der Waals surface area (Å²) in [5, 5.41) is 13.9. The van der Waals surface area contributed by atoms with E-state index in [-0.39, 0.29) is 6.10 Å². The van der Waals surface area contributed by atoms with Gasteiger partial charge in [-0.15, -0.1) is 0 Å². The molecule has 6 heteroatoms. The molecule has 1 aromatic heterocycles. The molecule has 0 bridgehead atoms. The molecule has 0 aliphatic heterocycles. The fourth-order valence-electron chi connectivity index (χ4n) is 1.90. The number of benzene rings is 1. The Kier molecular flexibility index (Phi) is 5.90. The lowest BCUT2D eigenvalue weighted by molar-refractivity contribution is 0.192. The van der Waals surface area contributed by atoms with Crippen LogP contribution in [-0.4, -0.2) is 46.1 Å². The van der Waals surface area contributed by atoms with Gasteiger partial charge in [-0.3, -0.25) is 0 Å². The molecule has 0 saturated carbocycles.